The minimum absolute atomic E-state index is 0.173. The summed E-state index contributed by atoms with van der Waals surface area (Å²) in [5.74, 6) is 0.942. The Morgan fingerprint density at radius 3 is 2.65 bits per heavy atom. The van der Waals surface area contributed by atoms with Gasteiger partial charge in [0.05, 0.1) is 0 Å². The highest BCUT2D eigenvalue weighted by atomic mass is 16.5. The molecule has 2 nitrogen and oxygen atoms in total. The van der Waals surface area contributed by atoms with Crippen LogP contribution in [0.3, 0.4) is 0 Å². The Kier molecular flexibility index (Phi) is 6.41. The monoisotopic (exact) mass is 233 g/mol. The molecule has 1 atom stereocenters. The Morgan fingerprint density at radius 2 is 2.06 bits per heavy atom. The fraction of sp³-hybridized carbons (Fsp3) is 0.467. The van der Waals surface area contributed by atoms with E-state index in [9.17, 15) is 0 Å². The zero-order valence-corrected chi connectivity index (χ0v) is 10.9. The van der Waals surface area contributed by atoms with Gasteiger partial charge in [-0.05, 0) is 31.0 Å². The standard InChI is InChI=1S/C15H23NO/c1-4-6-14-7-9-15(10-8-14)17-13(3)12-16-11-5-2/h5,7-10,13,16H,2,4,6,11-12H2,1,3H3. The second-order valence-electron chi connectivity index (χ2n) is 4.27. The van der Waals surface area contributed by atoms with Crippen molar-refractivity contribution in [2.24, 2.45) is 0 Å². The van der Waals surface area contributed by atoms with E-state index < -0.39 is 0 Å². The maximum atomic E-state index is 5.80. The van der Waals surface area contributed by atoms with Crippen LogP contribution in [0.2, 0.25) is 0 Å². The highest BCUT2D eigenvalue weighted by Crippen LogP contribution is 2.14. The molecule has 2 heteroatoms. The molecular weight excluding hydrogens is 210 g/mol. The lowest BCUT2D eigenvalue weighted by molar-refractivity contribution is 0.219. The Bertz CT molecular complexity index is 318. The fourth-order valence-electron chi connectivity index (χ4n) is 1.69. The first-order valence-corrected chi connectivity index (χ1v) is 6.33. The molecule has 0 heterocycles. The Morgan fingerprint density at radius 1 is 1.35 bits per heavy atom. The first-order chi connectivity index (χ1) is 8.26. The Labute approximate surface area is 105 Å². The third-order valence-corrected chi connectivity index (χ3v) is 2.52. The summed E-state index contributed by atoms with van der Waals surface area (Å²) in [6.45, 7) is 9.58. The zero-order chi connectivity index (χ0) is 12.5. The van der Waals surface area contributed by atoms with Crippen LogP contribution >= 0.6 is 0 Å². The van der Waals surface area contributed by atoms with E-state index in [1.54, 1.807) is 0 Å². The molecule has 1 N–H and O–H groups in total. The summed E-state index contributed by atoms with van der Waals surface area (Å²) in [6.07, 6.45) is 4.34. The van der Waals surface area contributed by atoms with Gasteiger partial charge in [-0.2, -0.15) is 0 Å². The third-order valence-electron chi connectivity index (χ3n) is 2.52. The number of aryl methyl sites for hydroxylation is 1. The van der Waals surface area contributed by atoms with Gasteiger partial charge in [0.15, 0.2) is 0 Å². The van der Waals surface area contributed by atoms with Crippen molar-refractivity contribution in [2.75, 3.05) is 13.1 Å². The van der Waals surface area contributed by atoms with Crippen LogP contribution in [0.1, 0.15) is 25.8 Å². The van der Waals surface area contributed by atoms with E-state index in [4.69, 9.17) is 4.74 Å². The smallest absolute Gasteiger partial charge is 0.119 e. The van der Waals surface area contributed by atoms with Crippen LogP contribution < -0.4 is 10.1 Å². The number of hydrogen-bond acceptors (Lipinski definition) is 2. The lowest BCUT2D eigenvalue weighted by Crippen LogP contribution is -2.28. The molecule has 1 rings (SSSR count). The lowest BCUT2D eigenvalue weighted by atomic mass is 10.1. The largest absolute Gasteiger partial charge is 0.489 e. The van der Waals surface area contributed by atoms with Gasteiger partial charge in [-0.1, -0.05) is 31.6 Å². The number of ether oxygens (including phenoxy) is 1. The molecular formula is C15H23NO. The molecule has 0 amide bonds. The first-order valence-electron chi connectivity index (χ1n) is 6.33. The molecule has 1 unspecified atom stereocenters. The van der Waals surface area contributed by atoms with Gasteiger partial charge in [0, 0.05) is 13.1 Å². The second-order valence-corrected chi connectivity index (χ2v) is 4.27. The lowest BCUT2D eigenvalue weighted by Gasteiger charge is -2.15. The average molecular weight is 233 g/mol. The van der Waals surface area contributed by atoms with Gasteiger partial charge in [0.2, 0.25) is 0 Å². The van der Waals surface area contributed by atoms with E-state index in [-0.39, 0.29) is 6.10 Å². The highest BCUT2D eigenvalue weighted by molar-refractivity contribution is 5.27. The molecule has 94 valence electrons. The van der Waals surface area contributed by atoms with Gasteiger partial charge >= 0.3 is 0 Å². The van der Waals surface area contributed by atoms with E-state index in [2.05, 4.69) is 50.0 Å². The molecule has 0 aromatic heterocycles. The van der Waals surface area contributed by atoms with Gasteiger partial charge in [-0.15, -0.1) is 6.58 Å². The van der Waals surface area contributed by atoms with Crippen LogP contribution in [0.25, 0.3) is 0 Å². The predicted octanol–water partition coefficient (Wildman–Crippen LogP) is 3.18. The van der Waals surface area contributed by atoms with Gasteiger partial charge in [0.1, 0.15) is 11.9 Å². The molecule has 1 aromatic rings. The number of benzene rings is 1. The molecule has 0 saturated carbocycles. The molecule has 0 bridgehead atoms. The van der Waals surface area contributed by atoms with Crippen molar-refractivity contribution in [3.63, 3.8) is 0 Å². The van der Waals surface area contributed by atoms with Crippen LogP contribution in [0.4, 0.5) is 0 Å². The fourth-order valence-corrected chi connectivity index (χ4v) is 1.69. The van der Waals surface area contributed by atoms with Crippen molar-refractivity contribution < 1.29 is 4.74 Å². The third kappa shape index (κ3) is 5.55. The Balaban J connectivity index is 2.37. The predicted molar refractivity (Wildman–Crippen MR) is 73.6 cm³/mol. The van der Waals surface area contributed by atoms with Crippen molar-refractivity contribution in [1.29, 1.82) is 0 Å². The summed E-state index contributed by atoms with van der Waals surface area (Å²) >= 11 is 0. The normalized spacial score (nSPS) is 12.1. The molecule has 0 radical (unpaired) electrons. The molecule has 0 aliphatic rings. The van der Waals surface area contributed by atoms with Crippen molar-refractivity contribution in [2.45, 2.75) is 32.8 Å². The summed E-state index contributed by atoms with van der Waals surface area (Å²) in [5, 5.41) is 3.24. The zero-order valence-electron chi connectivity index (χ0n) is 10.9. The van der Waals surface area contributed by atoms with Crippen molar-refractivity contribution >= 4 is 0 Å². The van der Waals surface area contributed by atoms with Crippen LogP contribution in [0.15, 0.2) is 36.9 Å². The Hall–Kier alpha value is -1.28. The number of rotatable bonds is 8. The van der Waals surface area contributed by atoms with Gasteiger partial charge in [0.25, 0.3) is 0 Å². The molecule has 17 heavy (non-hydrogen) atoms. The second kappa shape index (κ2) is 7.91. The quantitative estimate of drug-likeness (QED) is 0.550. The molecule has 0 aliphatic carbocycles. The first kappa shape index (κ1) is 13.8. The molecule has 0 spiro atoms. The minimum atomic E-state index is 0.173. The van der Waals surface area contributed by atoms with E-state index in [1.165, 1.54) is 12.0 Å². The van der Waals surface area contributed by atoms with Crippen molar-refractivity contribution in [3.8, 4) is 5.75 Å². The van der Waals surface area contributed by atoms with E-state index >= 15 is 0 Å². The van der Waals surface area contributed by atoms with E-state index in [0.717, 1.165) is 25.3 Å². The highest BCUT2D eigenvalue weighted by Gasteiger charge is 2.02. The topological polar surface area (TPSA) is 21.3 Å². The van der Waals surface area contributed by atoms with Gasteiger partial charge < -0.3 is 10.1 Å². The summed E-state index contributed by atoms with van der Waals surface area (Å²) in [6, 6.07) is 8.38. The van der Waals surface area contributed by atoms with Crippen LogP contribution in [0.5, 0.6) is 5.75 Å². The number of hydrogen-bond donors (Lipinski definition) is 1. The van der Waals surface area contributed by atoms with Gasteiger partial charge in [-0.25, -0.2) is 0 Å². The SMILES string of the molecule is C=CCNCC(C)Oc1ccc(CCC)cc1. The van der Waals surface area contributed by atoms with Crippen molar-refractivity contribution in [1.82, 2.24) is 5.32 Å². The molecule has 1 aromatic carbocycles. The number of nitrogens with one attached hydrogen (secondary N) is 1. The van der Waals surface area contributed by atoms with Crippen LogP contribution in [-0.2, 0) is 6.42 Å². The molecule has 0 saturated heterocycles. The summed E-state index contributed by atoms with van der Waals surface area (Å²) < 4.78 is 5.80. The van der Waals surface area contributed by atoms with Gasteiger partial charge in [-0.3, -0.25) is 0 Å². The molecule has 0 fully saturated rings. The van der Waals surface area contributed by atoms with E-state index in [0.29, 0.717) is 0 Å². The van der Waals surface area contributed by atoms with Crippen LogP contribution in [-0.4, -0.2) is 19.2 Å². The summed E-state index contributed by atoms with van der Waals surface area (Å²) in [7, 11) is 0. The summed E-state index contributed by atoms with van der Waals surface area (Å²) in [4.78, 5) is 0. The molecule has 0 aliphatic heterocycles. The van der Waals surface area contributed by atoms with Crippen LogP contribution in [0, 0.1) is 0 Å². The average Bonchev–Trinajstić information content (AvgIpc) is 2.32. The maximum absolute atomic E-state index is 5.80. The summed E-state index contributed by atoms with van der Waals surface area (Å²) in [5.41, 5.74) is 1.37. The minimum Gasteiger partial charge on any atom is -0.489 e. The van der Waals surface area contributed by atoms with E-state index in [1.807, 2.05) is 6.08 Å². The van der Waals surface area contributed by atoms with Crippen molar-refractivity contribution in [3.05, 3.63) is 42.5 Å². The maximum Gasteiger partial charge on any atom is 0.119 e.